The molecule has 3 fully saturated rings. The van der Waals surface area contributed by atoms with Crippen molar-refractivity contribution >= 4 is 29.9 Å². The highest BCUT2D eigenvalue weighted by Crippen LogP contribution is 2.25. The average Bonchev–Trinajstić information content (AvgIpc) is 3.23. The summed E-state index contributed by atoms with van der Waals surface area (Å²) in [5.74, 6) is 1.76. The summed E-state index contributed by atoms with van der Waals surface area (Å²) >= 11 is 0. The van der Waals surface area contributed by atoms with Gasteiger partial charge in [-0.1, -0.05) is 37.3 Å². The molecule has 0 aromatic heterocycles. The Morgan fingerprint density at radius 2 is 1.97 bits per heavy atom. The summed E-state index contributed by atoms with van der Waals surface area (Å²) < 4.78 is 6.18. The summed E-state index contributed by atoms with van der Waals surface area (Å²) in [6, 6.07) is 11.3. The lowest BCUT2D eigenvalue weighted by Gasteiger charge is -2.36. The fourth-order valence-electron chi connectivity index (χ4n) is 5.17. The van der Waals surface area contributed by atoms with Crippen LogP contribution >= 0.6 is 24.0 Å². The van der Waals surface area contributed by atoms with Crippen molar-refractivity contribution in [2.45, 2.75) is 45.4 Å². The van der Waals surface area contributed by atoms with E-state index in [2.05, 4.69) is 64.2 Å². The van der Waals surface area contributed by atoms with Crippen LogP contribution in [0.5, 0.6) is 0 Å². The van der Waals surface area contributed by atoms with Crippen molar-refractivity contribution < 1.29 is 4.74 Å². The molecule has 0 aliphatic carbocycles. The van der Waals surface area contributed by atoms with E-state index >= 15 is 0 Å². The summed E-state index contributed by atoms with van der Waals surface area (Å²) in [6.07, 6.45) is 2.89. The third kappa shape index (κ3) is 6.55. The second-order valence-corrected chi connectivity index (χ2v) is 8.93. The number of benzene rings is 1. The maximum Gasteiger partial charge on any atom is 0.194 e. The first-order chi connectivity index (χ1) is 14.8. The normalized spacial score (nSPS) is 27.6. The first-order valence-electron chi connectivity index (χ1n) is 11.9. The number of halogens is 1. The Hall–Kier alpha value is -0.900. The molecule has 0 bridgehead atoms. The molecule has 3 aliphatic rings. The van der Waals surface area contributed by atoms with Crippen LogP contribution in [-0.2, 0) is 11.3 Å². The minimum absolute atomic E-state index is 0. The number of nitrogens with one attached hydrogen (secondary N) is 1. The molecule has 3 saturated heterocycles. The predicted octanol–water partition coefficient (Wildman–Crippen LogP) is 2.89. The number of fused-ring (bicyclic) bond motifs is 1. The van der Waals surface area contributed by atoms with Gasteiger partial charge < -0.3 is 19.9 Å². The lowest BCUT2D eigenvalue weighted by molar-refractivity contribution is -0.0502. The predicted molar refractivity (Wildman–Crippen MR) is 138 cm³/mol. The number of guanidine groups is 1. The molecule has 0 spiro atoms. The Kier molecular flexibility index (Phi) is 9.87. The van der Waals surface area contributed by atoms with Gasteiger partial charge >= 0.3 is 0 Å². The van der Waals surface area contributed by atoms with Crippen molar-refractivity contribution in [3.63, 3.8) is 0 Å². The molecule has 0 saturated carbocycles. The van der Waals surface area contributed by atoms with Crippen LogP contribution in [0.2, 0.25) is 0 Å². The zero-order chi connectivity index (χ0) is 20.8. The molecule has 3 atom stereocenters. The highest BCUT2D eigenvalue weighted by atomic mass is 127. The Labute approximate surface area is 205 Å². The lowest BCUT2D eigenvalue weighted by Crippen LogP contribution is -2.50. The molecule has 7 heteroatoms. The number of aliphatic imine (C=N–C) groups is 1. The van der Waals surface area contributed by atoms with E-state index in [1.807, 2.05) is 0 Å². The van der Waals surface area contributed by atoms with Crippen LogP contribution in [0.15, 0.2) is 35.3 Å². The first-order valence-corrected chi connectivity index (χ1v) is 11.9. The molecule has 31 heavy (non-hydrogen) atoms. The van der Waals surface area contributed by atoms with Gasteiger partial charge in [0, 0.05) is 45.8 Å². The molecule has 4 rings (SSSR count). The van der Waals surface area contributed by atoms with Gasteiger partial charge in [-0.3, -0.25) is 9.89 Å². The largest absolute Gasteiger partial charge is 0.373 e. The fraction of sp³-hybridized carbons (Fsp3) is 0.708. The maximum atomic E-state index is 6.18. The van der Waals surface area contributed by atoms with Crippen LogP contribution in [0.4, 0.5) is 0 Å². The van der Waals surface area contributed by atoms with Gasteiger partial charge in [-0.2, -0.15) is 0 Å². The van der Waals surface area contributed by atoms with E-state index in [1.165, 1.54) is 31.5 Å². The van der Waals surface area contributed by atoms with Gasteiger partial charge in [0.25, 0.3) is 0 Å². The van der Waals surface area contributed by atoms with Gasteiger partial charge in [-0.05, 0) is 44.3 Å². The topological polar surface area (TPSA) is 43.3 Å². The Morgan fingerprint density at radius 3 is 2.74 bits per heavy atom. The second-order valence-electron chi connectivity index (χ2n) is 8.93. The SMILES string of the molecule is CCNC(=NCC1CCCN(CC)C1)N1CC2OCCN(Cc3ccccc3)C2C1.I. The number of hydrogen-bond donors (Lipinski definition) is 1. The number of piperidine rings is 1. The van der Waals surface area contributed by atoms with Gasteiger partial charge in [0.1, 0.15) is 0 Å². The van der Waals surface area contributed by atoms with Crippen LogP contribution in [0.3, 0.4) is 0 Å². The van der Waals surface area contributed by atoms with E-state index in [1.54, 1.807) is 0 Å². The number of nitrogens with zero attached hydrogens (tertiary/aromatic N) is 4. The summed E-state index contributed by atoms with van der Waals surface area (Å²) in [4.78, 5) is 12.7. The van der Waals surface area contributed by atoms with Crippen LogP contribution in [0.1, 0.15) is 32.3 Å². The minimum atomic E-state index is 0. The molecule has 3 aliphatic heterocycles. The molecule has 6 nitrogen and oxygen atoms in total. The van der Waals surface area contributed by atoms with E-state index in [9.17, 15) is 0 Å². The average molecular weight is 542 g/mol. The smallest absolute Gasteiger partial charge is 0.194 e. The first kappa shape index (κ1) is 24.7. The zero-order valence-electron chi connectivity index (χ0n) is 19.2. The third-order valence-corrected chi connectivity index (χ3v) is 6.83. The van der Waals surface area contributed by atoms with Crippen molar-refractivity contribution in [3.8, 4) is 0 Å². The summed E-state index contributed by atoms with van der Waals surface area (Å²) in [6.45, 7) is 14.6. The molecule has 3 heterocycles. The molecule has 0 amide bonds. The van der Waals surface area contributed by atoms with E-state index < -0.39 is 0 Å². The van der Waals surface area contributed by atoms with Gasteiger partial charge in [0.2, 0.25) is 0 Å². The fourth-order valence-corrected chi connectivity index (χ4v) is 5.17. The van der Waals surface area contributed by atoms with E-state index in [0.29, 0.717) is 12.0 Å². The van der Waals surface area contributed by atoms with E-state index in [0.717, 1.165) is 58.4 Å². The molecule has 3 unspecified atom stereocenters. The number of morpholine rings is 1. The van der Waals surface area contributed by atoms with Crippen molar-refractivity contribution in [1.82, 2.24) is 20.0 Å². The van der Waals surface area contributed by atoms with Crippen LogP contribution in [-0.4, -0.2) is 91.8 Å². The van der Waals surface area contributed by atoms with Crippen molar-refractivity contribution in [1.29, 1.82) is 0 Å². The van der Waals surface area contributed by atoms with Gasteiger partial charge in [0.15, 0.2) is 5.96 Å². The molecular formula is C24H40IN5O. The van der Waals surface area contributed by atoms with E-state index in [-0.39, 0.29) is 30.1 Å². The molecule has 1 aromatic carbocycles. The van der Waals surface area contributed by atoms with Crippen LogP contribution in [0.25, 0.3) is 0 Å². The number of hydrogen-bond acceptors (Lipinski definition) is 4. The lowest BCUT2D eigenvalue weighted by atomic mass is 9.98. The highest BCUT2D eigenvalue weighted by Gasteiger charge is 2.41. The molecule has 174 valence electrons. The molecular weight excluding hydrogens is 501 g/mol. The number of ether oxygens (including phenoxy) is 1. The standard InChI is InChI=1S/C24H39N5O.HI/c1-3-25-24(26-15-21-11-8-12-27(4-2)16-21)29-18-22-23(19-29)30-14-13-28(22)17-20-9-6-5-7-10-20;/h5-7,9-10,21-23H,3-4,8,11-19H2,1-2H3,(H,25,26);1H. The second kappa shape index (κ2) is 12.4. The van der Waals surface area contributed by atoms with Crippen molar-refractivity contribution in [3.05, 3.63) is 35.9 Å². The van der Waals surface area contributed by atoms with Gasteiger partial charge in [-0.15, -0.1) is 24.0 Å². The van der Waals surface area contributed by atoms with E-state index in [4.69, 9.17) is 9.73 Å². The van der Waals surface area contributed by atoms with Crippen molar-refractivity contribution in [2.24, 2.45) is 10.9 Å². The number of rotatable bonds is 6. The van der Waals surface area contributed by atoms with Gasteiger partial charge in [-0.25, -0.2) is 0 Å². The summed E-state index contributed by atoms with van der Waals surface area (Å²) in [5.41, 5.74) is 1.38. The Morgan fingerprint density at radius 1 is 1.13 bits per heavy atom. The van der Waals surface area contributed by atoms with Gasteiger partial charge in [0.05, 0.1) is 18.8 Å². The highest BCUT2D eigenvalue weighted by molar-refractivity contribution is 14.0. The Bertz CT molecular complexity index is 688. The quantitative estimate of drug-likeness (QED) is 0.341. The minimum Gasteiger partial charge on any atom is -0.373 e. The Balaban J connectivity index is 0.00000272. The van der Waals surface area contributed by atoms with Crippen molar-refractivity contribution in [2.75, 3.05) is 59.0 Å². The number of likely N-dealkylation sites (tertiary alicyclic amines) is 2. The van der Waals surface area contributed by atoms with Crippen LogP contribution < -0.4 is 5.32 Å². The molecule has 0 radical (unpaired) electrons. The monoisotopic (exact) mass is 541 g/mol. The maximum absolute atomic E-state index is 6.18. The summed E-state index contributed by atoms with van der Waals surface area (Å²) in [5, 5.41) is 3.55. The molecule has 1 aromatic rings. The summed E-state index contributed by atoms with van der Waals surface area (Å²) in [7, 11) is 0. The molecule has 1 N–H and O–H groups in total. The van der Waals surface area contributed by atoms with Crippen LogP contribution in [0, 0.1) is 5.92 Å². The third-order valence-electron chi connectivity index (χ3n) is 6.83. The zero-order valence-corrected chi connectivity index (χ0v) is 21.5.